The van der Waals surface area contributed by atoms with Crippen LogP contribution >= 0.6 is 11.6 Å². The third kappa shape index (κ3) is 3.47. The van der Waals surface area contributed by atoms with Gasteiger partial charge in [-0.2, -0.15) is 4.39 Å². The van der Waals surface area contributed by atoms with Crippen LogP contribution in [0.15, 0.2) is 47.4 Å². The summed E-state index contributed by atoms with van der Waals surface area (Å²) in [5, 5.41) is 11.0. The molecule has 0 amide bonds. The van der Waals surface area contributed by atoms with Crippen molar-refractivity contribution < 1.29 is 17.7 Å². The number of hydrogen-bond donors (Lipinski definition) is 1. The van der Waals surface area contributed by atoms with Crippen molar-refractivity contribution in [2.45, 2.75) is 4.90 Å². The van der Waals surface area contributed by atoms with Crippen LogP contribution in [0.4, 0.5) is 15.8 Å². The van der Waals surface area contributed by atoms with Gasteiger partial charge in [0.15, 0.2) is 0 Å². The van der Waals surface area contributed by atoms with Crippen molar-refractivity contribution >= 4 is 33.0 Å². The number of nitro benzene ring substituents is 1. The number of halogens is 2. The molecule has 0 aliphatic rings. The highest BCUT2D eigenvalue weighted by Gasteiger charge is 2.18. The van der Waals surface area contributed by atoms with Gasteiger partial charge < -0.3 is 0 Å². The van der Waals surface area contributed by atoms with E-state index >= 15 is 0 Å². The lowest BCUT2D eigenvalue weighted by molar-refractivity contribution is -0.387. The van der Waals surface area contributed by atoms with E-state index in [2.05, 4.69) is 4.72 Å². The summed E-state index contributed by atoms with van der Waals surface area (Å²) in [6.45, 7) is 0. The van der Waals surface area contributed by atoms with Gasteiger partial charge in [-0.05, 0) is 36.4 Å². The van der Waals surface area contributed by atoms with Gasteiger partial charge in [0.2, 0.25) is 5.82 Å². The summed E-state index contributed by atoms with van der Waals surface area (Å²) >= 11 is 5.66. The van der Waals surface area contributed by atoms with Gasteiger partial charge in [-0.3, -0.25) is 14.8 Å². The summed E-state index contributed by atoms with van der Waals surface area (Å²) in [6, 6.07) is 8.06. The molecule has 0 heterocycles. The molecule has 2 aromatic carbocycles. The van der Waals surface area contributed by atoms with Gasteiger partial charge in [-0.25, -0.2) is 8.42 Å². The van der Waals surface area contributed by atoms with Crippen LogP contribution < -0.4 is 4.72 Å². The van der Waals surface area contributed by atoms with Gasteiger partial charge in [0.25, 0.3) is 10.0 Å². The largest absolute Gasteiger partial charge is 0.306 e. The first-order valence-electron chi connectivity index (χ1n) is 5.52. The van der Waals surface area contributed by atoms with E-state index in [-0.39, 0.29) is 10.6 Å². The van der Waals surface area contributed by atoms with Crippen molar-refractivity contribution in [1.82, 2.24) is 0 Å². The molecule has 0 saturated heterocycles. The van der Waals surface area contributed by atoms with Crippen LogP contribution in [0.2, 0.25) is 5.02 Å². The average molecular weight is 331 g/mol. The molecule has 21 heavy (non-hydrogen) atoms. The number of hydrogen-bond acceptors (Lipinski definition) is 4. The fourth-order valence-electron chi connectivity index (χ4n) is 1.54. The molecule has 6 nitrogen and oxygen atoms in total. The van der Waals surface area contributed by atoms with E-state index < -0.39 is 26.5 Å². The van der Waals surface area contributed by atoms with Crippen molar-refractivity contribution in [3.05, 3.63) is 63.4 Å². The second-order valence-corrected chi connectivity index (χ2v) is 6.10. The first-order chi connectivity index (χ1) is 9.79. The third-order valence-corrected chi connectivity index (χ3v) is 4.17. The number of nitrogens with one attached hydrogen (secondary N) is 1. The molecule has 0 radical (unpaired) electrons. The zero-order valence-electron chi connectivity index (χ0n) is 10.3. The molecule has 0 aliphatic carbocycles. The maximum Gasteiger partial charge on any atom is 0.306 e. The zero-order chi connectivity index (χ0) is 15.6. The van der Waals surface area contributed by atoms with Gasteiger partial charge in [0, 0.05) is 11.1 Å². The first kappa shape index (κ1) is 15.2. The van der Waals surface area contributed by atoms with Crippen molar-refractivity contribution in [3.8, 4) is 0 Å². The van der Waals surface area contributed by atoms with Crippen molar-refractivity contribution in [2.24, 2.45) is 0 Å². The molecule has 2 aromatic rings. The Morgan fingerprint density at radius 1 is 1.14 bits per heavy atom. The van der Waals surface area contributed by atoms with E-state index in [0.29, 0.717) is 5.02 Å². The van der Waals surface area contributed by atoms with Crippen LogP contribution in [-0.2, 0) is 10.0 Å². The highest BCUT2D eigenvalue weighted by atomic mass is 35.5. The topological polar surface area (TPSA) is 89.3 Å². The van der Waals surface area contributed by atoms with Crippen molar-refractivity contribution in [2.75, 3.05) is 4.72 Å². The molecule has 0 saturated carbocycles. The highest BCUT2D eigenvalue weighted by Crippen LogP contribution is 2.24. The monoisotopic (exact) mass is 330 g/mol. The third-order valence-electron chi connectivity index (χ3n) is 2.52. The fourth-order valence-corrected chi connectivity index (χ4v) is 2.72. The Labute approximate surface area is 124 Å². The summed E-state index contributed by atoms with van der Waals surface area (Å²) in [5.41, 5.74) is -0.927. The normalized spacial score (nSPS) is 11.1. The second-order valence-electron chi connectivity index (χ2n) is 3.98. The average Bonchev–Trinajstić information content (AvgIpc) is 2.41. The standard InChI is InChI=1S/C12H8ClFN2O4S/c13-8-1-4-10(5-2-8)21(19,20)15-9-3-6-11(14)12(7-9)16(17)18/h1-7,15H. The molecular formula is C12H8ClFN2O4S. The molecule has 0 unspecified atom stereocenters. The number of nitro groups is 1. The van der Waals surface area contributed by atoms with Crippen LogP contribution in [0.3, 0.4) is 0 Å². The molecule has 0 bridgehead atoms. The predicted octanol–water partition coefficient (Wildman–Crippen LogP) is 3.19. The molecule has 0 aliphatic heterocycles. The molecule has 0 fully saturated rings. The van der Waals surface area contributed by atoms with Crippen molar-refractivity contribution in [3.63, 3.8) is 0 Å². The molecule has 9 heteroatoms. The zero-order valence-corrected chi connectivity index (χ0v) is 11.9. The van der Waals surface area contributed by atoms with E-state index in [1.165, 1.54) is 24.3 Å². The van der Waals surface area contributed by atoms with Crippen LogP contribution in [0.25, 0.3) is 0 Å². The van der Waals surface area contributed by atoms with Gasteiger partial charge in [-0.1, -0.05) is 11.6 Å². The predicted molar refractivity (Wildman–Crippen MR) is 75.3 cm³/mol. The van der Waals surface area contributed by atoms with Gasteiger partial charge >= 0.3 is 5.69 Å². The molecule has 0 atom stereocenters. The Morgan fingerprint density at radius 2 is 1.76 bits per heavy atom. The van der Waals surface area contributed by atoms with E-state index in [1.807, 2.05) is 0 Å². The van der Waals surface area contributed by atoms with Crippen LogP contribution in [0.5, 0.6) is 0 Å². The Hall–Kier alpha value is -2.19. The molecular weight excluding hydrogens is 323 g/mol. The maximum absolute atomic E-state index is 13.2. The minimum Gasteiger partial charge on any atom is -0.279 e. The summed E-state index contributed by atoms with van der Waals surface area (Å²) < 4.78 is 39.4. The smallest absolute Gasteiger partial charge is 0.279 e. The molecule has 0 spiro atoms. The summed E-state index contributed by atoms with van der Waals surface area (Å²) in [6.07, 6.45) is 0. The van der Waals surface area contributed by atoms with E-state index in [9.17, 15) is 22.9 Å². The quantitative estimate of drug-likeness (QED) is 0.688. The second kappa shape index (κ2) is 5.66. The van der Waals surface area contributed by atoms with Crippen molar-refractivity contribution in [1.29, 1.82) is 0 Å². The lowest BCUT2D eigenvalue weighted by Crippen LogP contribution is -2.13. The van der Waals surface area contributed by atoms with Crippen LogP contribution in [0, 0.1) is 15.9 Å². The number of sulfonamides is 1. The summed E-state index contributed by atoms with van der Waals surface area (Å²) in [5.74, 6) is -1.05. The molecule has 1 N–H and O–H groups in total. The summed E-state index contributed by atoms with van der Waals surface area (Å²) in [7, 11) is -3.94. The van der Waals surface area contributed by atoms with Crippen LogP contribution in [0.1, 0.15) is 0 Å². The minimum atomic E-state index is -3.94. The first-order valence-corrected chi connectivity index (χ1v) is 7.38. The molecule has 110 valence electrons. The van der Waals surface area contributed by atoms with E-state index in [0.717, 1.165) is 18.2 Å². The Kier molecular flexibility index (Phi) is 4.10. The van der Waals surface area contributed by atoms with Gasteiger partial charge in [-0.15, -0.1) is 0 Å². The molecule has 2 rings (SSSR count). The summed E-state index contributed by atoms with van der Waals surface area (Å²) in [4.78, 5) is 9.62. The van der Waals surface area contributed by atoms with Crippen LogP contribution in [-0.4, -0.2) is 13.3 Å². The SMILES string of the molecule is O=[N+]([O-])c1cc(NS(=O)(=O)c2ccc(Cl)cc2)ccc1F. The molecule has 0 aromatic heterocycles. The fraction of sp³-hybridized carbons (Fsp3) is 0. The van der Waals surface area contributed by atoms with E-state index in [1.54, 1.807) is 0 Å². The highest BCUT2D eigenvalue weighted by molar-refractivity contribution is 7.92. The number of nitrogens with zero attached hydrogens (tertiary/aromatic N) is 1. The number of rotatable bonds is 4. The minimum absolute atomic E-state index is 0.0705. The van der Waals surface area contributed by atoms with Gasteiger partial charge in [0.1, 0.15) is 0 Å². The number of anilines is 1. The lowest BCUT2D eigenvalue weighted by atomic mass is 10.3. The lowest BCUT2D eigenvalue weighted by Gasteiger charge is -2.08. The Bertz CT molecular complexity index is 793. The van der Waals surface area contributed by atoms with Gasteiger partial charge in [0.05, 0.1) is 15.5 Å². The Morgan fingerprint density at radius 3 is 2.33 bits per heavy atom. The van der Waals surface area contributed by atoms with E-state index in [4.69, 9.17) is 11.6 Å². The maximum atomic E-state index is 13.2. The number of benzene rings is 2. The Balaban J connectivity index is 2.35.